The van der Waals surface area contributed by atoms with E-state index in [1.54, 1.807) is 11.6 Å². The lowest BCUT2D eigenvalue weighted by molar-refractivity contribution is -0.141. The molecular formula is C11H11F3N6S. The lowest BCUT2D eigenvalue weighted by atomic mass is 10.2. The molecule has 112 valence electrons. The molecule has 0 unspecified atom stereocenters. The molecule has 21 heavy (non-hydrogen) atoms. The highest BCUT2D eigenvalue weighted by Gasteiger charge is 2.33. The second-order valence-corrected chi connectivity index (χ2v) is 4.61. The molecule has 2 aromatic heterocycles. The number of alkyl halides is 3. The van der Waals surface area contributed by atoms with Crippen molar-refractivity contribution in [2.45, 2.75) is 12.7 Å². The predicted octanol–water partition coefficient (Wildman–Crippen LogP) is 1.48. The van der Waals surface area contributed by atoms with Crippen LogP contribution in [0.25, 0.3) is 0 Å². The maximum absolute atomic E-state index is 12.7. The molecule has 2 aromatic rings. The van der Waals surface area contributed by atoms with Crippen molar-refractivity contribution in [2.75, 3.05) is 5.32 Å². The molecule has 0 saturated carbocycles. The minimum atomic E-state index is -4.55. The zero-order valence-electron chi connectivity index (χ0n) is 10.8. The molecule has 0 aliphatic rings. The summed E-state index contributed by atoms with van der Waals surface area (Å²) in [7, 11) is 1.71. The molecule has 0 fully saturated rings. The Hall–Kier alpha value is -2.23. The number of nitrogens with one attached hydrogen (secondary N) is 1. The number of aryl methyl sites for hydroxylation is 1. The summed E-state index contributed by atoms with van der Waals surface area (Å²) in [5.74, 6) is 0.489. The van der Waals surface area contributed by atoms with Gasteiger partial charge in [0.1, 0.15) is 22.8 Å². The van der Waals surface area contributed by atoms with Crippen molar-refractivity contribution in [2.24, 2.45) is 12.8 Å². The first-order valence-corrected chi connectivity index (χ1v) is 6.14. The molecule has 0 amide bonds. The number of rotatable bonds is 4. The molecule has 2 rings (SSSR count). The van der Waals surface area contributed by atoms with E-state index in [1.165, 1.54) is 12.4 Å². The lowest BCUT2D eigenvalue weighted by Crippen LogP contribution is -2.18. The van der Waals surface area contributed by atoms with Crippen molar-refractivity contribution in [1.82, 2.24) is 19.7 Å². The van der Waals surface area contributed by atoms with Crippen LogP contribution < -0.4 is 11.1 Å². The van der Waals surface area contributed by atoms with Gasteiger partial charge in [-0.15, -0.1) is 10.2 Å². The van der Waals surface area contributed by atoms with Crippen LogP contribution in [0.3, 0.4) is 0 Å². The van der Waals surface area contributed by atoms with E-state index in [1.807, 2.05) is 0 Å². The number of hydrogen-bond acceptors (Lipinski definition) is 5. The fraction of sp³-hybridized carbons (Fsp3) is 0.273. The van der Waals surface area contributed by atoms with Crippen LogP contribution in [0.4, 0.5) is 19.0 Å². The SMILES string of the molecule is Cn1cnnc1CNc1nc(C(F)(F)F)ccc1C(N)=S. The van der Waals surface area contributed by atoms with Crippen LogP contribution in [0.1, 0.15) is 17.1 Å². The van der Waals surface area contributed by atoms with E-state index in [9.17, 15) is 13.2 Å². The molecule has 10 heteroatoms. The first-order valence-electron chi connectivity index (χ1n) is 5.74. The standard InChI is InChI=1S/C11H11F3N6S/c1-20-5-17-19-8(20)4-16-10-6(9(15)21)2-3-7(18-10)11(12,13)14/h2-3,5H,4H2,1H3,(H2,15,21)(H,16,18). The van der Waals surface area contributed by atoms with Gasteiger partial charge in [-0.25, -0.2) is 4.98 Å². The number of hydrogen-bond donors (Lipinski definition) is 2. The Bertz CT molecular complexity index is 666. The Kier molecular flexibility index (Phi) is 4.07. The number of pyridine rings is 1. The van der Waals surface area contributed by atoms with Crippen molar-refractivity contribution >= 4 is 23.0 Å². The molecule has 0 spiro atoms. The molecule has 0 aromatic carbocycles. The predicted molar refractivity (Wildman–Crippen MR) is 73.5 cm³/mol. The van der Waals surface area contributed by atoms with Gasteiger partial charge in [0.25, 0.3) is 0 Å². The molecule has 0 atom stereocenters. The summed E-state index contributed by atoms with van der Waals surface area (Å²) in [6.45, 7) is 0.139. The van der Waals surface area contributed by atoms with E-state index in [0.717, 1.165) is 6.07 Å². The van der Waals surface area contributed by atoms with Gasteiger partial charge < -0.3 is 15.6 Å². The monoisotopic (exact) mass is 316 g/mol. The Morgan fingerprint density at radius 1 is 1.43 bits per heavy atom. The summed E-state index contributed by atoms with van der Waals surface area (Å²) >= 11 is 4.81. The third-order valence-corrected chi connectivity index (χ3v) is 2.89. The van der Waals surface area contributed by atoms with E-state index >= 15 is 0 Å². The van der Waals surface area contributed by atoms with E-state index < -0.39 is 11.9 Å². The summed E-state index contributed by atoms with van der Waals surface area (Å²) in [6, 6.07) is 2.03. The third-order valence-electron chi connectivity index (χ3n) is 2.67. The van der Waals surface area contributed by atoms with Crippen LogP contribution >= 0.6 is 12.2 Å². The zero-order chi connectivity index (χ0) is 15.6. The average Bonchev–Trinajstić information content (AvgIpc) is 2.80. The van der Waals surface area contributed by atoms with Gasteiger partial charge in [-0.1, -0.05) is 12.2 Å². The van der Waals surface area contributed by atoms with E-state index in [0.29, 0.717) is 5.82 Å². The Morgan fingerprint density at radius 2 is 2.14 bits per heavy atom. The van der Waals surface area contributed by atoms with E-state index in [-0.39, 0.29) is 22.9 Å². The number of halogens is 3. The fourth-order valence-electron chi connectivity index (χ4n) is 1.58. The third kappa shape index (κ3) is 3.45. The summed E-state index contributed by atoms with van der Waals surface area (Å²) in [5.41, 5.74) is 4.70. The van der Waals surface area contributed by atoms with Crippen LogP contribution in [0, 0.1) is 0 Å². The molecule has 0 aliphatic carbocycles. The molecule has 0 aliphatic heterocycles. The normalized spacial score (nSPS) is 11.4. The smallest absolute Gasteiger partial charge is 0.389 e. The van der Waals surface area contributed by atoms with Crippen molar-refractivity contribution in [3.8, 4) is 0 Å². The highest BCUT2D eigenvalue weighted by molar-refractivity contribution is 7.80. The van der Waals surface area contributed by atoms with Gasteiger partial charge in [-0.2, -0.15) is 13.2 Å². The second-order valence-electron chi connectivity index (χ2n) is 4.17. The van der Waals surface area contributed by atoms with Gasteiger partial charge in [-0.05, 0) is 12.1 Å². The zero-order valence-corrected chi connectivity index (χ0v) is 11.7. The summed E-state index contributed by atoms with van der Waals surface area (Å²) in [4.78, 5) is 3.49. The van der Waals surface area contributed by atoms with Gasteiger partial charge in [0.05, 0.1) is 12.1 Å². The first-order chi connectivity index (χ1) is 9.79. The molecule has 0 bridgehead atoms. The molecule has 0 radical (unpaired) electrons. The van der Waals surface area contributed by atoms with Crippen LogP contribution in [-0.2, 0) is 19.8 Å². The minimum Gasteiger partial charge on any atom is -0.389 e. The largest absolute Gasteiger partial charge is 0.433 e. The maximum atomic E-state index is 12.7. The highest BCUT2D eigenvalue weighted by atomic mass is 32.1. The minimum absolute atomic E-state index is 0.0414. The molecule has 2 heterocycles. The van der Waals surface area contributed by atoms with Crippen molar-refractivity contribution in [3.05, 3.63) is 35.5 Å². The van der Waals surface area contributed by atoms with E-state index in [2.05, 4.69) is 20.5 Å². The Balaban J connectivity index is 2.31. The van der Waals surface area contributed by atoms with Gasteiger partial charge in [0.15, 0.2) is 5.82 Å². The van der Waals surface area contributed by atoms with Crippen LogP contribution in [0.15, 0.2) is 18.5 Å². The Morgan fingerprint density at radius 3 is 2.67 bits per heavy atom. The number of nitrogens with zero attached hydrogens (tertiary/aromatic N) is 4. The average molecular weight is 316 g/mol. The first kappa shape index (κ1) is 15.2. The summed E-state index contributed by atoms with van der Waals surface area (Å²) < 4.78 is 39.7. The van der Waals surface area contributed by atoms with Crippen LogP contribution in [0.5, 0.6) is 0 Å². The lowest BCUT2D eigenvalue weighted by Gasteiger charge is -2.13. The Labute approximate surface area is 123 Å². The maximum Gasteiger partial charge on any atom is 0.433 e. The fourth-order valence-corrected chi connectivity index (χ4v) is 1.75. The number of aromatic nitrogens is 4. The number of nitrogens with two attached hydrogens (primary N) is 1. The van der Waals surface area contributed by atoms with Crippen molar-refractivity contribution < 1.29 is 13.2 Å². The number of thiocarbonyl (C=S) groups is 1. The quantitative estimate of drug-likeness (QED) is 0.832. The summed E-state index contributed by atoms with van der Waals surface area (Å²) in [6.07, 6.45) is -3.07. The number of anilines is 1. The molecule has 3 N–H and O–H groups in total. The van der Waals surface area contributed by atoms with Crippen molar-refractivity contribution in [3.63, 3.8) is 0 Å². The molecular weight excluding hydrogens is 305 g/mol. The van der Waals surface area contributed by atoms with Crippen LogP contribution in [-0.4, -0.2) is 24.7 Å². The molecule has 6 nitrogen and oxygen atoms in total. The molecule has 0 saturated heterocycles. The highest BCUT2D eigenvalue weighted by Crippen LogP contribution is 2.29. The van der Waals surface area contributed by atoms with Crippen LogP contribution in [0.2, 0.25) is 0 Å². The van der Waals surface area contributed by atoms with Gasteiger partial charge in [0.2, 0.25) is 0 Å². The second kappa shape index (κ2) is 5.64. The summed E-state index contributed by atoms with van der Waals surface area (Å²) in [5, 5.41) is 10.2. The van der Waals surface area contributed by atoms with Gasteiger partial charge >= 0.3 is 6.18 Å². The van der Waals surface area contributed by atoms with Gasteiger partial charge in [0, 0.05) is 7.05 Å². The topological polar surface area (TPSA) is 81.7 Å². The van der Waals surface area contributed by atoms with Crippen molar-refractivity contribution in [1.29, 1.82) is 0 Å². The van der Waals surface area contributed by atoms with E-state index in [4.69, 9.17) is 18.0 Å². The van der Waals surface area contributed by atoms with Gasteiger partial charge in [-0.3, -0.25) is 0 Å².